The predicted octanol–water partition coefficient (Wildman–Crippen LogP) is 5.15. The highest BCUT2D eigenvalue weighted by Crippen LogP contribution is 2.65. The van der Waals surface area contributed by atoms with Crippen LogP contribution in [0.25, 0.3) is 0 Å². The molecule has 3 aliphatic carbocycles. The zero-order valence-corrected chi connectivity index (χ0v) is 21.1. The van der Waals surface area contributed by atoms with E-state index in [4.69, 9.17) is 0 Å². The molecule has 0 radical (unpaired) electrons. The Balaban J connectivity index is 1.22. The van der Waals surface area contributed by atoms with Crippen LogP contribution in [0, 0.1) is 34.5 Å². The standard InChI is InChI=1S/C28H38N2O2S/c1-27-15-13-23-21(10-12-24-28(23,2)16-14-26(32)30(24)3)22(27)11-9-19(27)17-29-25(31)18-33-20-7-5-4-6-8-20/h4-8,14,16,19,21-24H,9-13,15,17-18H2,1-3H3,(H,29,31)/t19?,21-,22-,23-,24+,27+,28+/m0/s1. The lowest BCUT2D eigenvalue weighted by Crippen LogP contribution is -2.59. The van der Waals surface area contributed by atoms with Crippen molar-refractivity contribution < 1.29 is 9.59 Å². The number of likely N-dealkylation sites (N-methyl/N-ethyl adjacent to an activating group) is 1. The summed E-state index contributed by atoms with van der Waals surface area (Å²) in [6, 6.07) is 10.5. The zero-order valence-electron chi connectivity index (χ0n) is 20.3. The van der Waals surface area contributed by atoms with Crippen LogP contribution in [0.15, 0.2) is 47.4 Å². The highest BCUT2D eigenvalue weighted by molar-refractivity contribution is 8.00. The van der Waals surface area contributed by atoms with Crippen molar-refractivity contribution in [1.82, 2.24) is 10.2 Å². The average Bonchev–Trinajstić information content (AvgIpc) is 3.16. The fraction of sp³-hybridized carbons (Fsp3) is 0.643. The fourth-order valence-electron chi connectivity index (χ4n) is 8.14. The molecule has 1 unspecified atom stereocenters. The number of nitrogens with one attached hydrogen (secondary N) is 1. The van der Waals surface area contributed by atoms with Crippen molar-refractivity contribution in [3.05, 3.63) is 42.5 Å². The Bertz CT molecular complexity index is 933. The van der Waals surface area contributed by atoms with E-state index in [9.17, 15) is 9.59 Å². The van der Waals surface area contributed by atoms with Gasteiger partial charge >= 0.3 is 0 Å². The maximum absolute atomic E-state index is 12.6. The van der Waals surface area contributed by atoms with Crippen LogP contribution in [0.3, 0.4) is 0 Å². The van der Waals surface area contributed by atoms with Gasteiger partial charge in [-0.3, -0.25) is 9.59 Å². The molecule has 4 aliphatic rings. The molecule has 1 aromatic rings. The Morgan fingerprint density at radius 2 is 1.88 bits per heavy atom. The van der Waals surface area contributed by atoms with E-state index in [1.54, 1.807) is 11.8 Å². The summed E-state index contributed by atoms with van der Waals surface area (Å²) >= 11 is 1.61. The first-order chi connectivity index (χ1) is 15.8. The minimum absolute atomic E-state index is 0.105. The molecule has 1 heterocycles. The molecule has 1 N–H and O–H groups in total. The summed E-state index contributed by atoms with van der Waals surface area (Å²) in [7, 11) is 1.99. The van der Waals surface area contributed by atoms with Gasteiger partial charge in [-0.2, -0.15) is 0 Å². The third kappa shape index (κ3) is 3.94. The third-order valence-electron chi connectivity index (χ3n) is 9.98. The van der Waals surface area contributed by atoms with Crippen LogP contribution >= 0.6 is 11.8 Å². The summed E-state index contributed by atoms with van der Waals surface area (Å²) in [5.41, 5.74) is 0.429. The summed E-state index contributed by atoms with van der Waals surface area (Å²) in [4.78, 5) is 28.0. The second-order valence-corrected chi connectivity index (χ2v) is 12.4. The van der Waals surface area contributed by atoms with Crippen LogP contribution < -0.4 is 5.32 Å². The number of hydrogen-bond acceptors (Lipinski definition) is 3. The van der Waals surface area contributed by atoms with E-state index in [-0.39, 0.29) is 17.2 Å². The van der Waals surface area contributed by atoms with Crippen LogP contribution in [-0.4, -0.2) is 42.1 Å². The van der Waals surface area contributed by atoms with E-state index in [1.165, 1.54) is 32.1 Å². The van der Waals surface area contributed by atoms with Gasteiger partial charge in [-0.15, -0.1) is 11.8 Å². The molecule has 2 amide bonds. The largest absolute Gasteiger partial charge is 0.355 e. The van der Waals surface area contributed by atoms with E-state index in [0.29, 0.717) is 29.0 Å². The lowest BCUT2D eigenvalue weighted by atomic mass is 9.47. The molecule has 1 aliphatic heterocycles. The summed E-state index contributed by atoms with van der Waals surface area (Å²) in [5.74, 6) is 3.52. The molecule has 178 valence electrons. The topological polar surface area (TPSA) is 49.4 Å². The number of rotatable bonds is 5. The SMILES string of the molecule is CN1C(=O)C=C[C@]2(C)[C@H]3CC[C@]4(C)C(CNC(=O)CSc5ccccc5)CC[C@H]4[C@@H]3CC[C@@H]12. The number of carbonyl (C=O) groups is 2. The number of benzene rings is 1. The molecule has 3 saturated carbocycles. The Morgan fingerprint density at radius 3 is 2.67 bits per heavy atom. The van der Waals surface area contributed by atoms with Gasteiger partial charge in [0.2, 0.25) is 11.8 Å². The molecule has 0 aromatic heterocycles. The maximum Gasteiger partial charge on any atom is 0.246 e. The first-order valence-electron chi connectivity index (χ1n) is 12.7. The normalized spacial score (nSPS) is 39.5. The van der Waals surface area contributed by atoms with Crippen molar-refractivity contribution >= 4 is 23.6 Å². The van der Waals surface area contributed by atoms with Gasteiger partial charge in [0.25, 0.3) is 0 Å². The number of fused-ring (bicyclic) bond motifs is 5. The van der Waals surface area contributed by atoms with Gasteiger partial charge in [0, 0.05) is 29.9 Å². The van der Waals surface area contributed by atoms with Crippen LogP contribution in [0.4, 0.5) is 0 Å². The molecule has 5 heteroatoms. The number of nitrogens with zero attached hydrogens (tertiary/aromatic N) is 1. The monoisotopic (exact) mass is 466 g/mol. The van der Waals surface area contributed by atoms with Crippen molar-refractivity contribution in [2.75, 3.05) is 19.3 Å². The van der Waals surface area contributed by atoms with E-state index >= 15 is 0 Å². The van der Waals surface area contributed by atoms with Crippen molar-refractivity contribution in [3.8, 4) is 0 Å². The summed E-state index contributed by atoms with van der Waals surface area (Å²) in [5, 5.41) is 3.27. The molecule has 5 rings (SSSR count). The summed E-state index contributed by atoms with van der Waals surface area (Å²) in [6.45, 7) is 5.74. The second kappa shape index (κ2) is 8.79. The van der Waals surface area contributed by atoms with E-state index in [0.717, 1.165) is 29.7 Å². The van der Waals surface area contributed by atoms with Gasteiger partial charge in [0.05, 0.1) is 5.75 Å². The van der Waals surface area contributed by atoms with Crippen molar-refractivity contribution in [2.24, 2.45) is 34.5 Å². The van der Waals surface area contributed by atoms with Gasteiger partial charge in [0.1, 0.15) is 0 Å². The highest BCUT2D eigenvalue weighted by atomic mass is 32.2. The molecule has 0 spiro atoms. The zero-order chi connectivity index (χ0) is 23.2. The summed E-state index contributed by atoms with van der Waals surface area (Å²) in [6.07, 6.45) is 11.4. The minimum Gasteiger partial charge on any atom is -0.355 e. The molecule has 0 bridgehead atoms. The van der Waals surface area contributed by atoms with Crippen LogP contribution in [0.1, 0.15) is 52.4 Å². The van der Waals surface area contributed by atoms with Gasteiger partial charge in [0.15, 0.2) is 0 Å². The first kappa shape index (κ1) is 23.0. The van der Waals surface area contributed by atoms with E-state index < -0.39 is 0 Å². The Labute approximate surface area is 203 Å². The number of hydrogen-bond donors (Lipinski definition) is 1. The Hall–Kier alpha value is -1.75. The van der Waals surface area contributed by atoms with Gasteiger partial charge in [-0.25, -0.2) is 0 Å². The molecule has 7 atom stereocenters. The quantitative estimate of drug-likeness (QED) is 0.611. The maximum atomic E-state index is 12.6. The summed E-state index contributed by atoms with van der Waals surface area (Å²) < 4.78 is 0. The second-order valence-electron chi connectivity index (χ2n) is 11.3. The molecule has 4 nitrogen and oxygen atoms in total. The number of carbonyl (C=O) groups excluding carboxylic acids is 2. The van der Waals surface area contributed by atoms with Gasteiger partial charge in [-0.1, -0.05) is 38.1 Å². The molecule has 3 fully saturated rings. The van der Waals surface area contributed by atoms with Gasteiger partial charge < -0.3 is 10.2 Å². The molecular formula is C28H38N2O2S. The van der Waals surface area contributed by atoms with Crippen molar-refractivity contribution in [3.63, 3.8) is 0 Å². The first-order valence-corrected chi connectivity index (χ1v) is 13.7. The van der Waals surface area contributed by atoms with Crippen LogP contribution in [0.2, 0.25) is 0 Å². The lowest BCUT2D eigenvalue weighted by Gasteiger charge is -2.60. The van der Waals surface area contributed by atoms with Crippen molar-refractivity contribution in [2.45, 2.75) is 63.3 Å². The van der Waals surface area contributed by atoms with E-state index in [1.807, 2.05) is 36.2 Å². The predicted molar refractivity (Wildman–Crippen MR) is 134 cm³/mol. The molecule has 33 heavy (non-hydrogen) atoms. The molecule has 1 aromatic carbocycles. The highest BCUT2D eigenvalue weighted by Gasteiger charge is 2.60. The lowest BCUT2D eigenvalue weighted by molar-refractivity contribution is -0.139. The molecule has 0 saturated heterocycles. The third-order valence-corrected chi connectivity index (χ3v) is 11.0. The Kier molecular flexibility index (Phi) is 6.13. The Morgan fingerprint density at radius 1 is 1.09 bits per heavy atom. The molecular weight excluding hydrogens is 428 g/mol. The number of amides is 2. The average molecular weight is 467 g/mol. The smallest absolute Gasteiger partial charge is 0.246 e. The van der Waals surface area contributed by atoms with Gasteiger partial charge in [-0.05, 0) is 85.8 Å². The van der Waals surface area contributed by atoms with Crippen LogP contribution in [-0.2, 0) is 9.59 Å². The van der Waals surface area contributed by atoms with E-state index in [2.05, 4.69) is 37.4 Å². The number of thioether (sulfide) groups is 1. The van der Waals surface area contributed by atoms with Crippen LogP contribution in [0.5, 0.6) is 0 Å². The fourth-order valence-corrected chi connectivity index (χ4v) is 8.89. The van der Waals surface area contributed by atoms with Crippen molar-refractivity contribution in [1.29, 1.82) is 0 Å². The minimum atomic E-state index is 0.105.